The molecule has 0 bridgehead atoms. The molecule has 1 aliphatic heterocycles. The monoisotopic (exact) mass is 568 g/mol. The number of amides is 2. The molecule has 0 aliphatic carbocycles. The van der Waals surface area contributed by atoms with Gasteiger partial charge in [-0.2, -0.15) is 0 Å². The number of ether oxygens (including phenoxy) is 1. The van der Waals surface area contributed by atoms with Crippen LogP contribution in [0.5, 0.6) is 0 Å². The van der Waals surface area contributed by atoms with E-state index in [4.69, 9.17) is 4.74 Å². The lowest BCUT2D eigenvalue weighted by atomic mass is 10.0. The van der Waals surface area contributed by atoms with Crippen molar-refractivity contribution in [2.24, 2.45) is 0 Å². The Morgan fingerprint density at radius 2 is 1.59 bits per heavy atom. The van der Waals surface area contributed by atoms with Crippen molar-refractivity contribution in [3.05, 3.63) is 107 Å². The molecule has 0 radical (unpaired) electrons. The van der Waals surface area contributed by atoms with Crippen LogP contribution in [0.4, 0.5) is 16.2 Å². The molecular formula is C33H36N4O3S. The zero-order valence-corrected chi connectivity index (χ0v) is 23.9. The predicted molar refractivity (Wildman–Crippen MR) is 166 cm³/mol. The summed E-state index contributed by atoms with van der Waals surface area (Å²) in [4.78, 5) is 28.8. The fourth-order valence-corrected chi connectivity index (χ4v) is 5.61. The van der Waals surface area contributed by atoms with E-state index in [0.717, 1.165) is 61.5 Å². The Hall–Kier alpha value is -3.98. The summed E-state index contributed by atoms with van der Waals surface area (Å²) < 4.78 is 5.73. The summed E-state index contributed by atoms with van der Waals surface area (Å²) in [6.07, 6.45) is 1.35. The van der Waals surface area contributed by atoms with E-state index in [1.165, 1.54) is 10.4 Å². The van der Waals surface area contributed by atoms with E-state index in [2.05, 4.69) is 38.4 Å². The Morgan fingerprint density at radius 3 is 2.34 bits per heavy atom. The van der Waals surface area contributed by atoms with Crippen molar-refractivity contribution >= 4 is 34.7 Å². The van der Waals surface area contributed by atoms with Gasteiger partial charge in [0.1, 0.15) is 6.10 Å². The SMILES string of the molecule is O=C(CCN1CCC(OC(=O)Nc2ccccc2-c2ccccc2)CC1)Nc1ccc(CNCc2cccs2)cc1. The molecule has 0 atom stereocenters. The lowest BCUT2D eigenvalue weighted by Crippen LogP contribution is -2.39. The highest BCUT2D eigenvalue weighted by Crippen LogP contribution is 2.28. The molecule has 1 saturated heterocycles. The predicted octanol–water partition coefficient (Wildman–Crippen LogP) is 6.75. The lowest BCUT2D eigenvalue weighted by molar-refractivity contribution is -0.116. The highest BCUT2D eigenvalue weighted by molar-refractivity contribution is 7.09. The molecule has 41 heavy (non-hydrogen) atoms. The second-order valence-corrected chi connectivity index (χ2v) is 11.2. The maximum Gasteiger partial charge on any atom is 0.411 e. The number of thiophene rings is 1. The van der Waals surface area contributed by atoms with Crippen LogP contribution in [0.3, 0.4) is 0 Å². The number of benzene rings is 3. The van der Waals surface area contributed by atoms with Gasteiger partial charge in [-0.25, -0.2) is 4.79 Å². The van der Waals surface area contributed by atoms with Crippen molar-refractivity contribution in [1.82, 2.24) is 10.2 Å². The van der Waals surface area contributed by atoms with E-state index < -0.39 is 6.09 Å². The van der Waals surface area contributed by atoms with E-state index >= 15 is 0 Å². The van der Waals surface area contributed by atoms with E-state index in [0.29, 0.717) is 13.0 Å². The Morgan fingerprint density at radius 1 is 0.829 bits per heavy atom. The third-order valence-corrected chi connectivity index (χ3v) is 8.03. The zero-order valence-electron chi connectivity index (χ0n) is 23.1. The van der Waals surface area contributed by atoms with Gasteiger partial charge in [0, 0.05) is 55.3 Å². The van der Waals surface area contributed by atoms with Gasteiger partial charge >= 0.3 is 6.09 Å². The molecule has 0 spiro atoms. The van der Waals surface area contributed by atoms with Gasteiger partial charge in [-0.1, -0.05) is 66.7 Å². The van der Waals surface area contributed by atoms with Crippen LogP contribution < -0.4 is 16.0 Å². The minimum atomic E-state index is -0.435. The van der Waals surface area contributed by atoms with E-state index in [1.54, 1.807) is 11.3 Å². The fourth-order valence-electron chi connectivity index (χ4n) is 4.94. The lowest BCUT2D eigenvalue weighted by Gasteiger charge is -2.31. The number of likely N-dealkylation sites (tertiary alicyclic amines) is 1. The van der Waals surface area contributed by atoms with Crippen molar-refractivity contribution in [3.63, 3.8) is 0 Å². The van der Waals surface area contributed by atoms with Crippen molar-refractivity contribution in [2.45, 2.75) is 38.5 Å². The minimum absolute atomic E-state index is 0.00315. The number of hydrogen-bond acceptors (Lipinski definition) is 6. The smallest absolute Gasteiger partial charge is 0.411 e. The van der Waals surface area contributed by atoms with Crippen molar-refractivity contribution in [3.8, 4) is 11.1 Å². The van der Waals surface area contributed by atoms with Crippen LogP contribution in [0.15, 0.2) is 96.4 Å². The highest BCUT2D eigenvalue weighted by Gasteiger charge is 2.23. The zero-order chi connectivity index (χ0) is 28.3. The number of nitrogens with zero attached hydrogens (tertiary/aromatic N) is 1. The molecule has 0 saturated carbocycles. The van der Waals surface area contributed by atoms with Gasteiger partial charge in [0.25, 0.3) is 0 Å². The van der Waals surface area contributed by atoms with Gasteiger partial charge in [-0.05, 0) is 53.6 Å². The van der Waals surface area contributed by atoms with Crippen molar-refractivity contribution in [2.75, 3.05) is 30.3 Å². The quantitative estimate of drug-likeness (QED) is 0.187. The summed E-state index contributed by atoms with van der Waals surface area (Å²) in [5.74, 6) is 0.00315. The molecule has 4 aromatic rings. The molecular weight excluding hydrogens is 532 g/mol. The summed E-state index contributed by atoms with van der Waals surface area (Å²) >= 11 is 1.75. The molecule has 212 valence electrons. The van der Waals surface area contributed by atoms with Crippen LogP contribution in [-0.4, -0.2) is 42.6 Å². The second-order valence-electron chi connectivity index (χ2n) is 10.2. The summed E-state index contributed by atoms with van der Waals surface area (Å²) in [6, 6.07) is 29.9. The third kappa shape index (κ3) is 8.75. The molecule has 1 fully saturated rings. The Kier molecular flexibility index (Phi) is 10.2. The number of hydrogen-bond donors (Lipinski definition) is 3. The molecule has 1 aliphatic rings. The number of anilines is 2. The van der Waals surface area contributed by atoms with E-state index in [9.17, 15) is 9.59 Å². The maximum absolute atomic E-state index is 12.7. The summed E-state index contributed by atoms with van der Waals surface area (Å²) in [7, 11) is 0. The average Bonchev–Trinajstić information content (AvgIpc) is 3.52. The van der Waals surface area contributed by atoms with Crippen LogP contribution in [-0.2, 0) is 22.6 Å². The number of carbonyl (C=O) groups excluding carboxylic acids is 2. The first-order valence-corrected chi connectivity index (χ1v) is 15.0. The molecule has 3 N–H and O–H groups in total. The molecule has 7 nitrogen and oxygen atoms in total. The number of para-hydroxylation sites is 1. The highest BCUT2D eigenvalue weighted by atomic mass is 32.1. The number of carbonyl (C=O) groups is 2. The Balaban J connectivity index is 0.988. The molecule has 0 unspecified atom stereocenters. The normalized spacial score (nSPS) is 14.0. The minimum Gasteiger partial charge on any atom is -0.446 e. The van der Waals surface area contributed by atoms with Crippen molar-refractivity contribution in [1.29, 1.82) is 0 Å². The largest absolute Gasteiger partial charge is 0.446 e. The summed E-state index contributed by atoms with van der Waals surface area (Å²) in [6.45, 7) is 3.91. The number of rotatable bonds is 11. The second kappa shape index (κ2) is 14.6. The first-order valence-electron chi connectivity index (χ1n) is 14.1. The summed E-state index contributed by atoms with van der Waals surface area (Å²) in [5.41, 5.74) is 4.71. The standard InChI is InChI=1S/C33H36N4O3S/c38-32(35-27-14-12-25(13-15-27)23-34-24-29-9-6-22-41-29)18-21-37-19-16-28(17-20-37)40-33(39)36-31-11-5-4-10-30(31)26-7-2-1-3-8-26/h1-15,22,28,34H,16-21,23-24H2,(H,35,38)(H,36,39). The molecule has 2 heterocycles. The Labute approximate surface area is 245 Å². The molecule has 3 aromatic carbocycles. The van der Waals surface area contributed by atoms with E-state index in [1.807, 2.05) is 78.9 Å². The first-order chi connectivity index (χ1) is 20.1. The Bertz CT molecular complexity index is 1390. The fraction of sp³-hybridized carbons (Fsp3) is 0.273. The molecule has 8 heteroatoms. The van der Waals surface area contributed by atoms with Crippen LogP contribution in [0.1, 0.15) is 29.7 Å². The van der Waals surface area contributed by atoms with Gasteiger partial charge in [-0.3, -0.25) is 10.1 Å². The maximum atomic E-state index is 12.7. The first kappa shape index (κ1) is 28.5. The van der Waals surface area contributed by atoms with Gasteiger partial charge in [0.05, 0.1) is 5.69 Å². The number of nitrogens with one attached hydrogen (secondary N) is 3. The molecule has 5 rings (SSSR count). The van der Waals surface area contributed by atoms with Gasteiger partial charge in [0.2, 0.25) is 5.91 Å². The topological polar surface area (TPSA) is 82.7 Å². The number of piperidine rings is 1. The summed E-state index contributed by atoms with van der Waals surface area (Å²) in [5, 5.41) is 11.4. The van der Waals surface area contributed by atoms with Crippen LogP contribution >= 0.6 is 11.3 Å². The van der Waals surface area contributed by atoms with Gasteiger partial charge in [-0.15, -0.1) is 11.3 Å². The van der Waals surface area contributed by atoms with Gasteiger partial charge in [0.15, 0.2) is 0 Å². The van der Waals surface area contributed by atoms with Gasteiger partial charge < -0.3 is 20.3 Å². The van der Waals surface area contributed by atoms with E-state index in [-0.39, 0.29) is 12.0 Å². The van der Waals surface area contributed by atoms with Crippen LogP contribution in [0.25, 0.3) is 11.1 Å². The molecule has 2 amide bonds. The third-order valence-electron chi connectivity index (χ3n) is 7.16. The van der Waals surface area contributed by atoms with Crippen molar-refractivity contribution < 1.29 is 14.3 Å². The average molecular weight is 569 g/mol. The van der Waals surface area contributed by atoms with Crippen LogP contribution in [0, 0.1) is 0 Å². The molecule has 1 aromatic heterocycles. The van der Waals surface area contributed by atoms with Crippen LogP contribution in [0.2, 0.25) is 0 Å².